The Bertz CT molecular complexity index is 448. The Hall–Kier alpha value is -0.160. The molecule has 0 aliphatic carbocycles. The summed E-state index contributed by atoms with van der Waals surface area (Å²) >= 11 is 0. The topological polar surface area (TPSA) is 24.9 Å². The smallest absolute Gasteiger partial charge is 0.0593 e. The van der Waals surface area contributed by atoms with Crippen molar-refractivity contribution in [2.75, 3.05) is 39.5 Å². The fraction of sp³-hybridized carbons (Fsp3) is 1.00. The fourth-order valence-corrected chi connectivity index (χ4v) is 6.12. The molecule has 0 aromatic carbocycles. The first-order chi connectivity index (χ1) is 15.7. The van der Waals surface area contributed by atoms with E-state index in [1.165, 1.54) is 64.2 Å². The van der Waals surface area contributed by atoms with Gasteiger partial charge in [-0.05, 0) is 90.4 Å². The molecule has 0 spiro atoms. The van der Waals surface area contributed by atoms with Crippen LogP contribution < -0.4 is 0 Å². The molecule has 4 unspecified atom stereocenters. The van der Waals surface area contributed by atoms with Crippen LogP contribution in [0.1, 0.15) is 113 Å². The minimum atomic E-state index is 0.395. The highest BCUT2D eigenvalue weighted by Gasteiger charge is 2.27. The molecule has 2 saturated heterocycles. The third-order valence-electron chi connectivity index (χ3n) is 8.66. The lowest BCUT2D eigenvalue weighted by atomic mass is 9.75. The number of nitrogens with zero attached hydrogens (tertiary/aromatic N) is 2. The van der Waals surface area contributed by atoms with E-state index in [1.807, 2.05) is 0 Å². The zero-order valence-corrected chi connectivity index (χ0v) is 23.4. The van der Waals surface area contributed by atoms with Gasteiger partial charge in [-0.3, -0.25) is 9.80 Å². The Kier molecular flexibility index (Phi) is 13.3. The Balaban J connectivity index is 1.48. The molecule has 4 atom stereocenters. The highest BCUT2D eigenvalue weighted by molar-refractivity contribution is 4.82. The van der Waals surface area contributed by atoms with Gasteiger partial charge in [-0.1, -0.05) is 33.6 Å². The van der Waals surface area contributed by atoms with Crippen LogP contribution in [-0.4, -0.2) is 73.5 Å². The van der Waals surface area contributed by atoms with Gasteiger partial charge in [0.2, 0.25) is 0 Å². The predicted octanol–water partition coefficient (Wildman–Crippen LogP) is 6.77. The second-order valence-electron chi connectivity index (χ2n) is 12.3. The van der Waals surface area contributed by atoms with Crippen molar-refractivity contribution in [1.82, 2.24) is 9.80 Å². The van der Waals surface area contributed by atoms with Crippen LogP contribution in [0.25, 0.3) is 0 Å². The first-order valence-electron chi connectivity index (χ1n) is 14.4. The Morgan fingerprint density at radius 1 is 0.606 bits per heavy atom. The van der Waals surface area contributed by atoms with E-state index in [0.29, 0.717) is 5.41 Å². The number of ether oxygens (including phenoxy) is 2. The van der Waals surface area contributed by atoms with Crippen molar-refractivity contribution in [3.8, 4) is 0 Å². The molecule has 2 aliphatic heterocycles. The Morgan fingerprint density at radius 3 is 1.30 bits per heavy atom. The molecule has 0 aromatic heterocycles. The standard InChI is InChI=1S/C29H58N2O2/c1-24-14-15-25(2)30(24)18-22-32-20-10-8-12-28(29(5,6)7)13-9-11-21-33-23-19-31-26(3)16-17-27(31)4/h24-28H,8-23H2,1-7H3. The van der Waals surface area contributed by atoms with Crippen molar-refractivity contribution >= 4 is 0 Å². The van der Waals surface area contributed by atoms with E-state index in [4.69, 9.17) is 9.47 Å². The molecule has 0 amide bonds. The van der Waals surface area contributed by atoms with Crippen molar-refractivity contribution in [1.29, 1.82) is 0 Å². The normalized spacial score (nSPS) is 28.1. The lowest BCUT2D eigenvalue weighted by Crippen LogP contribution is -2.35. The molecule has 2 fully saturated rings. The van der Waals surface area contributed by atoms with Crippen molar-refractivity contribution in [2.24, 2.45) is 11.3 Å². The lowest BCUT2D eigenvalue weighted by Gasteiger charge is -2.31. The van der Waals surface area contributed by atoms with Crippen LogP contribution in [-0.2, 0) is 9.47 Å². The minimum Gasteiger partial charge on any atom is -0.380 e. The van der Waals surface area contributed by atoms with Gasteiger partial charge in [0.05, 0.1) is 13.2 Å². The average molecular weight is 467 g/mol. The van der Waals surface area contributed by atoms with E-state index in [1.54, 1.807) is 0 Å². The molecule has 2 aliphatic rings. The molecule has 0 N–H and O–H groups in total. The van der Waals surface area contributed by atoms with Gasteiger partial charge in [0.1, 0.15) is 0 Å². The van der Waals surface area contributed by atoms with Crippen molar-refractivity contribution in [2.45, 2.75) is 137 Å². The van der Waals surface area contributed by atoms with Crippen LogP contribution in [0, 0.1) is 11.3 Å². The highest BCUT2D eigenvalue weighted by Crippen LogP contribution is 2.34. The quantitative estimate of drug-likeness (QED) is 0.234. The zero-order valence-electron chi connectivity index (χ0n) is 23.4. The van der Waals surface area contributed by atoms with Crippen LogP contribution >= 0.6 is 0 Å². The van der Waals surface area contributed by atoms with Crippen LogP contribution in [0.5, 0.6) is 0 Å². The number of rotatable bonds is 16. The first kappa shape index (κ1) is 29.1. The zero-order chi connectivity index (χ0) is 24.3. The molecular weight excluding hydrogens is 408 g/mol. The van der Waals surface area contributed by atoms with Crippen molar-refractivity contribution in [3.63, 3.8) is 0 Å². The SMILES string of the molecule is CC1CCC(C)N1CCOCCCCC(CCCCOCCN1C(C)CCC1C)C(C)(C)C. The molecule has 0 saturated carbocycles. The second kappa shape index (κ2) is 15.1. The van der Waals surface area contributed by atoms with Crippen LogP contribution in [0.2, 0.25) is 0 Å². The van der Waals surface area contributed by atoms with E-state index in [2.05, 4.69) is 58.3 Å². The van der Waals surface area contributed by atoms with E-state index in [9.17, 15) is 0 Å². The van der Waals surface area contributed by atoms with Crippen LogP contribution in [0.3, 0.4) is 0 Å². The third-order valence-corrected chi connectivity index (χ3v) is 8.66. The van der Waals surface area contributed by atoms with E-state index in [0.717, 1.165) is 69.6 Å². The molecule has 0 aromatic rings. The number of likely N-dealkylation sites (tertiary alicyclic amines) is 2. The summed E-state index contributed by atoms with van der Waals surface area (Å²) in [4.78, 5) is 5.24. The molecular formula is C29H58N2O2. The number of hydrogen-bond donors (Lipinski definition) is 0. The molecule has 4 heteroatoms. The van der Waals surface area contributed by atoms with Crippen molar-refractivity contribution < 1.29 is 9.47 Å². The molecule has 2 heterocycles. The summed E-state index contributed by atoms with van der Waals surface area (Å²) in [6.07, 6.45) is 13.0. The monoisotopic (exact) mass is 466 g/mol. The van der Waals surface area contributed by atoms with Gasteiger partial charge in [0.25, 0.3) is 0 Å². The van der Waals surface area contributed by atoms with E-state index >= 15 is 0 Å². The molecule has 4 nitrogen and oxygen atoms in total. The van der Waals surface area contributed by atoms with Gasteiger partial charge in [-0.15, -0.1) is 0 Å². The molecule has 33 heavy (non-hydrogen) atoms. The molecule has 0 radical (unpaired) electrons. The second-order valence-corrected chi connectivity index (χ2v) is 12.3. The van der Waals surface area contributed by atoms with Gasteiger partial charge < -0.3 is 9.47 Å². The number of unbranched alkanes of at least 4 members (excludes halogenated alkanes) is 2. The Morgan fingerprint density at radius 2 is 0.970 bits per heavy atom. The molecule has 2 rings (SSSR count). The summed E-state index contributed by atoms with van der Waals surface area (Å²) in [7, 11) is 0. The maximum atomic E-state index is 5.98. The van der Waals surface area contributed by atoms with Gasteiger partial charge in [-0.2, -0.15) is 0 Å². The van der Waals surface area contributed by atoms with Crippen LogP contribution in [0.15, 0.2) is 0 Å². The maximum absolute atomic E-state index is 5.98. The van der Waals surface area contributed by atoms with E-state index in [-0.39, 0.29) is 0 Å². The maximum Gasteiger partial charge on any atom is 0.0593 e. The molecule has 0 bridgehead atoms. The van der Waals surface area contributed by atoms with Gasteiger partial charge >= 0.3 is 0 Å². The van der Waals surface area contributed by atoms with Gasteiger partial charge in [0, 0.05) is 50.5 Å². The fourth-order valence-electron chi connectivity index (χ4n) is 6.12. The van der Waals surface area contributed by atoms with Crippen molar-refractivity contribution in [3.05, 3.63) is 0 Å². The summed E-state index contributed by atoms with van der Waals surface area (Å²) in [5, 5.41) is 0. The average Bonchev–Trinajstić information content (AvgIpc) is 3.24. The van der Waals surface area contributed by atoms with E-state index < -0.39 is 0 Å². The third kappa shape index (κ3) is 10.5. The van der Waals surface area contributed by atoms with Crippen LogP contribution in [0.4, 0.5) is 0 Å². The summed E-state index contributed by atoms with van der Waals surface area (Å²) < 4.78 is 12.0. The highest BCUT2D eigenvalue weighted by atomic mass is 16.5. The lowest BCUT2D eigenvalue weighted by molar-refractivity contribution is 0.0826. The minimum absolute atomic E-state index is 0.395. The summed E-state index contributed by atoms with van der Waals surface area (Å²) in [6.45, 7) is 22.5. The Labute approximate surface area is 207 Å². The van der Waals surface area contributed by atoms with Gasteiger partial charge in [-0.25, -0.2) is 0 Å². The molecule has 196 valence electrons. The number of hydrogen-bond acceptors (Lipinski definition) is 4. The summed E-state index contributed by atoms with van der Waals surface area (Å²) in [5.74, 6) is 0.801. The largest absolute Gasteiger partial charge is 0.380 e. The first-order valence-corrected chi connectivity index (χ1v) is 14.4. The predicted molar refractivity (Wildman–Crippen MR) is 142 cm³/mol. The van der Waals surface area contributed by atoms with Gasteiger partial charge in [0.15, 0.2) is 0 Å². The summed E-state index contributed by atoms with van der Waals surface area (Å²) in [6, 6.07) is 2.94. The summed E-state index contributed by atoms with van der Waals surface area (Å²) in [5.41, 5.74) is 0.395.